The van der Waals surface area contributed by atoms with E-state index in [0.717, 1.165) is 11.1 Å². The number of hydrogen-bond acceptors (Lipinski definition) is 9. The molecule has 0 bridgehead atoms. The Hall–Kier alpha value is -4.51. The third-order valence-electron chi connectivity index (χ3n) is 7.24. The predicted molar refractivity (Wildman–Crippen MR) is 179 cm³/mol. The van der Waals surface area contributed by atoms with Gasteiger partial charge in [-0.3, -0.25) is 19.9 Å². The lowest BCUT2D eigenvalue weighted by Gasteiger charge is -2.30. The van der Waals surface area contributed by atoms with Crippen LogP contribution < -0.4 is 5.32 Å². The molecule has 1 aliphatic rings. The fraction of sp³-hybridized carbons (Fsp3) is 0.314. The molecule has 1 heterocycles. The Morgan fingerprint density at radius 1 is 0.804 bits per heavy atom. The van der Waals surface area contributed by atoms with Gasteiger partial charge in [0.2, 0.25) is 0 Å². The number of non-ortho nitro benzene ring substituents is 1. The van der Waals surface area contributed by atoms with Crippen LogP contribution in [0.3, 0.4) is 0 Å². The highest BCUT2D eigenvalue weighted by molar-refractivity contribution is 6.00. The zero-order valence-corrected chi connectivity index (χ0v) is 26.4. The number of rotatable bonds is 14. The van der Waals surface area contributed by atoms with Crippen LogP contribution in [0, 0.1) is 10.1 Å². The van der Waals surface area contributed by atoms with Gasteiger partial charge in [0.25, 0.3) is 5.69 Å². The summed E-state index contributed by atoms with van der Waals surface area (Å²) in [5, 5.41) is 14.7. The molecule has 0 saturated heterocycles. The molecule has 0 aromatic heterocycles. The van der Waals surface area contributed by atoms with Crippen LogP contribution in [0.5, 0.6) is 0 Å². The summed E-state index contributed by atoms with van der Waals surface area (Å²) in [7, 11) is 0. The largest absolute Gasteiger partial charge is 0.461 e. The van der Waals surface area contributed by atoms with E-state index in [1.165, 1.54) is 34.1 Å². The van der Waals surface area contributed by atoms with Gasteiger partial charge < -0.3 is 14.8 Å². The summed E-state index contributed by atoms with van der Waals surface area (Å²) in [6.45, 7) is -2.51. The highest BCUT2D eigenvalue weighted by Crippen LogP contribution is 2.40. The second kappa shape index (κ2) is 17.3. The van der Waals surface area contributed by atoms with E-state index in [-0.39, 0.29) is 74.2 Å². The van der Waals surface area contributed by atoms with E-state index in [1.807, 2.05) is 12.1 Å². The molecule has 4 rings (SSSR count). The summed E-state index contributed by atoms with van der Waals surface area (Å²) in [5.74, 6) is -2.90. The number of likely N-dealkylation sites (N-methyl/N-ethyl adjacent to an activating group) is 2. The average molecular weight is 655 g/mol. The van der Waals surface area contributed by atoms with E-state index in [2.05, 4.69) is 5.32 Å². The van der Waals surface area contributed by atoms with Gasteiger partial charge in [-0.2, -0.15) is 0 Å². The first kappa shape index (κ1) is 27.8. The number of carbonyl (C=O) groups is 2. The summed E-state index contributed by atoms with van der Waals surface area (Å²) in [6, 6.07) is 23.4. The van der Waals surface area contributed by atoms with Crippen molar-refractivity contribution in [2.75, 3.05) is 40.3 Å². The average Bonchev–Trinajstić information content (AvgIpc) is 3.07. The molecule has 0 unspecified atom stereocenters. The van der Waals surface area contributed by atoms with Crippen molar-refractivity contribution in [2.45, 2.75) is 32.9 Å². The molecule has 244 valence electrons. The second-order valence-corrected chi connectivity index (χ2v) is 10.6. The maximum absolute atomic E-state index is 13.8. The quantitative estimate of drug-likeness (QED) is 0.135. The molecule has 46 heavy (non-hydrogen) atoms. The zero-order chi connectivity index (χ0) is 37.3. The van der Waals surface area contributed by atoms with Gasteiger partial charge in [-0.05, 0) is 44.5 Å². The fourth-order valence-corrected chi connectivity index (χ4v) is 5.10. The molecule has 0 radical (unpaired) electrons. The second-order valence-electron chi connectivity index (χ2n) is 10.6. The molecule has 0 fully saturated rings. The number of nitrogens with zero attached hydrogens (tertiary/aromatic N) is 3. The Morgan fingerprint density at radius 2 is 1.28 bits per heavy atom. The Kier molecular flexibility index (Phi) is 10.4. The number of esters is 2. The van der Waals surface area contributed by atoms with Crippen LogP contribution in [0.2, 0.25) is 0 Å². The molecule has 11 heteroatoms. The standard InChI is InChI=1S/C35H40N4O6.ClH/c1-25-31(34(40)44-20-18-37(3)23-27-12-7-5-8-13-27)33(29-16-11-17-30(22-29)39(42)43)32(26(2)36-25)35(41)45-21-19-38(4)24-28-14-9-6-10-15-28;/h5-17,22,33,36H,18-21,23-24H2,1-4H3;1H/i3D3,4D3;. The number of benzene rings is 3. The number of hydrogen-bond donors (Lipinski definition) is 1. The van der Waals surface area contributed by atoms with Crippen LogP contribution in [-0.4, -0.2) is 66.9 Å². The molecular weight excluding hydrogens is 608 g/mol. The smallest absolute Gasteiger partial charge is 0.336 e. The van der Waals surface area contributed by atoms with Crippen molar-refractivity contribution < 1.29 is 32.2 Å². The lowest BCUT2D eigenvalue weighted by Crippen LogP contribution is -2.34. The number of halogens is 1. The normalized spacial score (nSPS) is 15.8. The Bertz CT molecular complexity index is 1670. The van der Waals surface area contributed by atoms with Crippen LogP contribution >= 0.6 is 12.4 Å². The SMILES string of the molecule is Cl.[2H]C([2H])([2H])N(CCOC(=O)C1=C(C)NC(C)=C(C(=O)OCCN(Cc2ccccc2)C([2H])([2H])[2H])C1c1cccc([N+](=O)[O-])c1)Cc1ccccc1. The van der Waals surface area contributed by atoms with Gasteiger partial charge in [0, 0.05) is 57.9 Å². The predicted octanol–water partition coefficient (Wildman–Crippen LogP) is 5.60. The zero-order valence-electron chi connectivity index (χ0n) is 31.6. The van der Waals surface area contributed by atoms with Crippen LogP contribution in [0.4, 0.5) is 5.69 Å². The van der Waals surface area contributed by atoms with Crippen LogP contribution in [0.25, 0.3) is 0 Å². The van der Waals surface area contributed by atoms with E-state index in [1.54, 1.807) is 62.4 Å². The summed E-state index contributed by atoms with van der Waals surface area (Å²) in [6.07, 6.45) is 0. The number of carbonyl (C=O) groups excluding carboxylic acids is 2. The fourth-order valence-electron chi connectivity index (χ4n) is 5.10. The molecule has 0 spiro atoms. The molecule has 0 atom stereocenters. The van der Waals surface area contributed by atoms with Gasteiger partial charge >= 0.3 is 11.9 Å². The molecule has 10 nitrogen and oxygen atoms in total. The first-order chi connectivity index (χ1) is 24.1. The minimum atomic E-state index is -2.48. The molecule has 1 aliphatic heterocycles. The van der Waals surface area contributed by atoms with Gasteiger partial charge in [-0.25, -0.2) is 9.59 Å². The third kappa shape index (κ3) is 9.74. The number of nitro groups is 1. The number of ether oxygens (including phenoxy) is 2. The summed E-state index contributed by atoms with van der Waals surface area (Å²) < 4.78 is 59.0. The monoisotopic (exact) mass is 654 g/mol. The van der Waals surface area contributed by atoms with E-state index in [4.69, 9.17) is 17.7 Å². The maximum atomic E-state index is 13.8. The van der Waals surface area contributed by atoms with Crippen LogP contribution in [-0.2, 0) is 32.2 Å². The van der Waals surface area contributed by atoms with Crippen molar-refractivity contribution in [1.82, 2.24) is 15.1 Å². The van der Waals surface area contributed by atoms with Crippen molar-refractivity contribution in [1.29, 1.82) is 0 Å². The first-order valence-electron chi connectivity index (χ1n) is 17.4. The third-order valence-corrected chi connectivity index (χ3v) is 7.24. The Morgan fingerprint density at radius 3 is 1.72 bits per heavy atom. The number of nitro benzene ring substituents is 1. The van der Waals surface area contributed by atoms with Gasteiger partial charge in [-0.1, -0.05) is 72.8 Å². The molecule has 3 aromatic rings. The minimum absolute atomic E-state index is 0. The van der Waals surface area contributed by atoms with E-state index < -0.39 is 36.7 Å². The molecule has 0 amide bonds. The Balaban J connectivity index is 0.00000729. The molecular formula is C35H41ClN4O6. The molecule has 0 aliphatic carbocycles. The van der Waals surface area contributed by atoms with E-state index in [0.29, 0.717) is 11.4 Å². The van der Waals surface area contributed by atoms with Crippen molar-refractivity contribution >= 4 is 30.0 Å². The van der Waals surface area contributed by atoms with Gasteiger partial charge in [0.1, 0.15) is 13.2 Å². The molecule has 0 saturated carbocycles. The lowest BCUT2D eigenvalue weighted by molar-refractivity contribution is -0.384. The topological polar surface area (TPSA) is 114 Å². The summed E-state index contributed by atoms with van der Waals surface area (Å²) >= 11 is 0. The van der Waals surface area contributed by atoms with Gasteiger partial charge in [0.05, 0.1) is 22.0 Å². The van der Waals surface area contributed by atoms with Crippen molar-refractivity contribution in [3.05, 3.63) is 134 Å². The van der Waals surface area contributed by atoms with Crippen LogP contribution in [0.1, 0.15) is 44.7 Å². The molecule has 3 aromatic carbocycles. The van der Waals surface area contributed by atoms with Gasteiger partial charge in [-0.15, -0.1) is 12.4 Å². The van der Waals surface area contributed by atoms with Crippen molar-refractivity contribution in [3.8, 4) is 0 Å². The van der Waals surface area contributed by atoms with Crippen molar-refractivity contribution in [2.24, 2.45) is 0 Å². The summed E-state index contributed by atoms with van der Waals surface area (Å²) in [4.78, 5) is 41.1. The first-order valence-corrected chi connectivity index (χ1v) is 14.4. The molecule has 1 N–H and O–H groups in total. The number of dihydropyridines is 1. The number of nitrogens with one attached hydrogen (secondary N) is 1. The highest BCUT2D eigenvalue weighted by atomic mass is 35.5. The number of allylic oxidation sites excluding steroid dienone is 2. The lowest BCUT2D eigenvalue weighted by atomic mass is 9.80. The van der Waals surface area contributed by atoms with E-state index >= 15 is 0 Å². The maximum Gasteiger partial charge on any atom is 0.336 e. The minimum Gasteiger partial charge on any atom is -0.461 e. The summed E-state index contributed by atoms with van der Waals surface area (Å²) in [5.41, 5.74) is 2.07. The van der Waals surface area contributed by atoms with E-state index in [9.17, 15) is 19.7 Å². The van der Waals surface area contributed by atoms with Crippen molar-refractivity contribution in [3.63, 3.8) is 0 Å². The van der Waals surface area contributed by atoms with Gasteiger partial charge in [0.15, 0.2) is 0 Å². The Labute approximate surface area is 284 Å². The van der Waals surface area contributed by atoms with Crippen LogP contribution in [0.15, 0.2) is 107 Å². The highest BCUT2D eigenvalue weighted by Gasteiger charge is 2.38.